The van der Waals surface area contributed by atoms with Gasteiger partial charge in [0.25, 0.3) is 0 Å². The van der Waals surface area contributed by atoms with Crippen LogP contribution >= 0.6 is 0 Å². The minimum Gasteiger partial charge on any atom is -0.465 e. The number of carbonyl (C=O) groups is 1. The van der Waals surface area contributed by atoms with Gasteiger partial charge in [0.05, 0.1) is 18.8 Å². The first-order valence-electron chi connectivity index (χ1n) is 6.82. The molecule has 0 aromatic heterocycles. The van der Waals surface area contributed by atoms with E-state index in [1.807, 2.05) is 19.9 Å². The van der Waals surface area contributed by atoms with Crippen LogP contribution in [0.1, 0.15) is 36.5 Å². The van der Waals surface area contributed by atoms with Gasteiger partial charge in [-0.15, -0.1) is 0 Å². The molecule has 0 radical (unpaired) electrons. The molecule has 106 valence electrons. The Morgan fingerprint density at radius 1 is 1.55 bits per heavy atom. The van der Waals surface area contributed by atoms with Crippen LogP contribution in [0.5, 0.6) is 0 Å². The van der Waals surface area contributed by atoms with Crippen molar-refractivity contribution in [2.75, 3.05) is 13.1 Å². The third kappa shape index (κ3) is 1.83. The zero-order valence-corrected chi connectivity index (χ0v) is 11.8. The van der Waals surface area contributed by atoms with E-state index in [2.05, 4.69) is 18.7 Å². The monoisotopic (exact) mass is 273 g/mol. The number of hydrogen-bond donors (Lipinski definition) is 1. The third-order valence-corrected chi connectivity index (χ3v) is 4.51. The second-order valence-corrected chi connectivity index (χ2v) is 5.97. The molecule has 2 atom stereocenters. The summed E-state index contributed by atoms with van der Waals surface area (Å²) < 4.78 is 6.04. The van der Waals surface area contributed by atoms with Crippen LogP contribution in [0.15, 0.2) is 24.8 Å². The first kappa shape index (κ1) is 13.2. The van der Waals surface area contributed by atoms with Gasteiger partial charge >= 0.3 is 6.09 Å². The second-order valence-electron chi connectivity index (χ2n) is 5.97. The molecule has 3 rings (SSSR count). The number of rotatable bonds is 1. The van der Waals surface area contributed by atoms with Crippen molar-refractivity contribution in [1.82, 2.24) is 4.90 Å². The molecule has 1 amide bonds. The summed E-state index contributed by atoms with van der Waals surface area (Å²) in [5.74, 6) is 0.0987. The van der Waals surface area contributed by atoms with E-state index < -0.39 is 11.7 Å². The van der Waals surface area contributed by atoms with E-state index in [-0.39, 0.29) is 5.92 Å². The topological polar surface area (TPSA) is 49.8 Å². The van der Waals surface area contributed by atoms with Crippen LogP contribution in [0.25, 0.3) is 5.57 Å². The predicted molar refractivity (Wildman–Crippen MR) is 76.7 cm³/mol. The number of allylic oxidation sites excluding steroid dienone is 1. The lowest BCUT2D eigenvalue weighted by molar-refractivity contribution is -0.0558. The van der Waals surface area contributed by atoms with Gasteiger partial charge in [-0.3, -0.25) is 0 Å². The van der Waals surface area contributed by atoms with Crippen molar-refractivity contribution in [2.24, 2.45) is 0 Å². The maximum atomic E-state index is 11.2. The number of benzene rings is 1. The zero-order chi connectivity index (χ0) is 14.5. The lowest BCUT2D eigenvalue weighted by Gasteiger charge is -2.37. The van der Waals surface area contributed by atoms with Crippen LogP contribution in [0, 0.1) is 0 Å². The van der Waals surface area contributed by atoms with Crippen LogP contribution in [0.3, 0.4) is 0 Å². The van der Waals surface area contributed by atoms with E-state index in [0.29, 0.717) is 19.7 Å². The quantitative estimate of drug-likeness (QED) is 0.855. The first-order chi connectivity index (χ1) is 9.42. The molecule has 1 aromatic carbocycles. The molecule has 0 saturated carbocycles. The van der Waals surface area contributed by atoms with Crippen LogP contribution in [-0.2, 0) is 11.3 Å². The lowest BCUT2D eigenvalue weighted by atomic mass is 9.79. The third-order valence-electron chi connectivity index (χ3n) is 4.51. The highest BCUT2D eigenvalue weighted by Crippen LogP contribution is 2.45. The van der Waals surface area contributed by atoms with E-state index >= 15 is 0 Å². The molecule has 2 aliphatic heterocycles. The summed E-state index contributed by atoms with van der Waals surface area (Å²) in [6.07, 6.45) is -0.873. The molecule has 4 heteroatoms. The second kappa shape index (κ2) is 4.35. The fourth-order valence-electron chi connectivity index (χ4n) is 3.42. The van der Waals surface area contributed by atoms with Gasteiger partial charge in [0.15, 0.2) is 0 Å². The maximum absolute atomic E-state index is 11.2. The predicted octanol–water partition coefficient (Wildman–Crippen LogP) is 3.09. The summed E-state index contributed by atoms with van der Waals surface area (Å²) in [6.45, 7) is 9.48. The number of likely N-dealkylation sites (tertiary alicyclic amines) is 1. The molecule has 1 aromatic rings. The van der Waals surface area contributed by atoms with Gasteiger partial charge in [0.1, 0.15) is 0 Å². The van der Waals surface area contributed by atoms with Crippen molar-refractivity contribution in [3.8, 4) is 0 Å². The largest absolute Gasteiger partial charge is 0.465 e. The van der Waals surface area contributed by atoms with Gasteiger partial charge < -0.3 is 14.7 Å². The summed E-state index contributed by atoms with van der Waals surface area (Å²) >= 11 is 0. The average molecular weight is 273 g/mol. The van der Waals surface area contributed by atoms with Crippen molar-refractivity contribution in [1.29, 1.82) is 0 Å². The summed E-state index contributed by atoms with van der Waals surface area (Å²) in [6, 6.07) is 6.17. The molecule has 0 aliphatic carbocycles. The number of fused-ring (bicyclic) bond motifs is 3. The highest BCUT2D eigenvalue weighted by Gasteiger charge is 2.49. The Morgan fingerprint density at radius 3 is 2.95 bits per heavy atom. The van der Waals surface area contributed by atoms with Crippen molar-refractivity contribution in [3.05, 3.63) is 41.5 Å². The van der Waals surface area contributed by atoms with Crippen LogP contribution in [-0.4, -0.2) is 34.8 Å². The fraction of sp³-hybridized carbons (Fsp3) is 0.438. The van der Waals surface area contributed by atoms with E-state index in [1.165, 1.54) is 10.5 Å². The first-order valence-corrected chi connectivity index (χ1v) is 6.82. The number of nitrogens with zero attached hydrogens (tertiary/aromatic N) is 1. The molecule has 1 N–H and O–H groups in total. The average Bonchev–Trinajstić information content (AvgIpc) is 2.76. The van der Waals surface area contributed by atoms with Crippen LogP contribution in [0.4, 0.5) is 4.79 Å². The lowest BCUT2D eigenvalue weighted by Crippen LogP contribution is -2.40. The minimum atomic E-state index is -0.873. The maximum Gasteiger partial charge on any atom is 0.407 e. The van der Waals surface area contributed by atoms with E-state index in [4.69, 9.17) is 4.74 Å². The Balaban J connectivity index is 2.06. The fourth-order valence-corrected chi connectivity index (χ4v) is 3.42. The molecule has 20 heavy (non-hydrogen) atoms. The molecular weight excluding hydrogens is 254 g/mol. The summed E-state index contributed by atoms with van der Waals surface area (Å²) in [4.78, 5) is 12.7. The van der Waals surface area contributed by atoms with Gasteiger partial charge in [0.2, 0.25) is 0 Å². The SMILES string of the molecule is C=C(C)c1cccc2c1CO[C@@]1(C)CN(C(=O)O)C[C@H]21. The Kier molecular flexibility index (Phi) is 2.87. The minimum absolute atomic E-state index is 0.0987. The molecule has 4 nitrogen and oxygen atoms in total. The Bertz CT molecular complexity index is 595. The normalized spacial score (nSPS) is 27.9. The molecule has 0 spiro atoms. The van der Waals surface area contributed by atoms with Crippen molar-refractivity contribution >= 4 is 11.7 Å². The van der Waals surface area contributed by atoms with E-state index in [0.717, 1.165) is 16.7 Å². The van der Waals surface area contributed by atoms with Gasteiger partial charge in [0, 0.05) is 12.5 Å². The number of ether oxygens (including phenoxy) is 1. The molecule has 0 unspecified atom stereocenters. The number of amides is 1. The summed E-state index contributed by atoms with van der Waals surface area (Å²) in [5.41, 5.74) is 4.09. The summed E-state index contributed by atoms with van der Waals surface area (Å²) in [7, 11) is 0. The highest BCUT2D eigenvalue weighted by molar-refractivity contribution is 5.68. The molecular formula is C16H19NO3. The Hall–Kier alpha value is -1.81. The van der Waals surface area contributed by atoms with Crippen LogP contribution in [0.2, 0.25) is 0 Å². The zero-order valence-electron chi connectivity index (χ0n) is 11.8. The van der Waals surface area contributed by atoms with E-state index in [1.54, 1.807) is 0 Å². The highest BCUT2D eigenvalue weighted by atomic mass is 16.5. The smallest absolute Gasteiger partial charge is 0.407 e. The molecule has 2 aliphatic rings. The molecule has 0 bridgehead atoms. The van der Waals surface area contributed by atoms with Gasteiger partial charge in [-0.2, -0.15) is 0 Å². The van der Waals surface area contributed by atoms with Gasteiger partial charge in [-0.05, 0) is 30.5 Å². The number of hydrogen-bond acceptors (Lipinski definition) is 2. The van der Waals surface area contributed by atoms with E-state index in [9.17, 15) is 9.90 Å². The van der Waals surface area contributed by atoms with Gasteiger partial charge in [-0.25, -0.2) is 4.79 Å². The number of carboxylic acid groups (broad SMARTS) is 1. The molecule has 2 heterocycles. The standard InChI is InChI=1S/C16H19NO3/c1-10(2)11-5-4-6-12-13(11)8-20-16(3)9-17(15(18)19)7-14(12)16/h4-6,14H,1,7-9H2,2-3H3,(H,18,19)/t14-,16+/m1/s1. The molecule has 1 saturated heterocycles. The van der Waals surface area contributed by atoms with Crippen LogP contribution < -0.4 is 0 Å². The van der Waals surface area contributed by atoms with Crippen molar-refractivity contribution < 1.29 is 14.6 Å². The van der Waals surface area contributed by atoms with Gasteiger partial charge in [-0.1, -0.05) is 30.4 Å². The molecule has 1 fully saturated rings. The van der Waals surface area contributed by atoms with Crippen molar-refractivity contribution in [2.45, 2.75) is 32.0 Å². The Morgan fingerprint density at radius 2 is 2.30 bits per heavy atom. The van der Waals surface area contributed by atoms with Crippen molar-refractivity contribution in [3.63, 3.8) is 0 Å². The Labute approximate surface area is 118 Å². The summed E-state index contributed by atoms with van der Waals surface area (Å²) in [5, 5.41) is 9.22.